The van der Waals surface area contributed by atoms with Gasteiger partial charge < -0.3 is 10.1 Å². The molecule has 1 amide bonds. The Hall–Kier alpha value is -2.28. The molecule has 2 rings (SSSR count). The SMILES string of the molecule is COC(=O)[C@H](Cc1ccccc1Br)NC(=O)Cc1cc(F)cc(F)c1. The van der Waals surface area contributed by atoms with E-state index in [-0.39, 0.29) is 18.4 Å². The quantitative estimate of drug-likeness (QED) is 0.742. The van der Waals surface area contributed by atoms with Crippen molar-refractivity contribution >= 4 is 27.8 Å². The Morgan fingerprint density at radius 1 is 1.16 bits per heavy atom. The molecule has 0 aromatic heterocycles. The summed E-state index contributed by atoms with van der Waals surface area (Å²) >= 11 is 3.38. The van der Waals surface area contributed by atoms with Crippen LogP contribution < -0.4 is 5.32 Å². The van der Waals surface area contributed by atoms with Crippen LogP contribution in [0.5, 0.6) is 0 Å². The number of nitrogens with one attached hydrogen (secondary N) is 1. The number of carbonyl (C=O) groups excluding carboxylic acids is 2. The maximum Gasteiger partial charge on any atom is 0.328 e. The van der Waals surface area contributed by atoms with E-state index in [0.29, 0.717) is 0 Å². The van der Waals surface area contributed by atoms with Gasteiger partial charge in [0.05, 0.1) is 13.5 Å². The lowest BCUT2D eigenvalue weighted by molar-refractivity contribution is -0.145. The zero-order valence-corrected chi connectivity index (χ0v) is 15.0. The topological polar surface area (TPSA) is 55.4 Å². The third-order valence-corrected chi connectivity index (χ3v) is 4.26. The number of ether oxygens (including phenoxy) is 1. The van der Waals surface area contributed by atoms with Gasteiger partial charge in [-0.25, -0.2) is 13.6 Å². The molecule has 1 N–H and O–H groups in total. The molecular weight excluding hydrogens is 396 g/mol. The van der Waals surface area contributed by atoms with Gasteiger partial charge in [-0.05, 0) is 29.3 Å². The van der Waals surface area contributed by atoms with Gasteiger partial charge in [-0.3, -0.25) is 4.79 Å². The fourth-order valence-corrected chi connectivity index (χ4v) is 2.81. The van der Waals surface area contributed by atoms with E-state index in [1.165, 1.54) is 7.11 Å². The third-order valence-electron chi connectivity index (χ3n) is 3.49. The van der Waals surface area contributed by atoms with Gasteiger partial charge in [-0.2, -0.15) is 0 Å². The molecule has 0 saturated carbocycles. The lowest BCUT2D eigenvalue weighted by atomic mass is 10.1. The minimum absolute atomic E-state index is 0.180. The molecule has 1 atom stereocenters. The summed E-state index contributed by atoms with van der Waals surface area (Å²) in [5, 5.41) is 2.55. The van der Waals surface area contributed by atoms with Gasteiger partial charge >= 0.3 is 5.97 Å². The molecule has 0 heterocycles. The third kappa shape index (κ3) is 5.63. The minimum atomic E-state index is -0.908. The van der Waals surface area contributed by atoms with E-state index in [1.54, 1.807) is 0 Å². The second-order valence-corrected chi connectivity index (χ2v) is 6.25. The number of hydrogen-bond acceptors (Lipinski definition) is 3. The lowest BCUT2D eigenvalue weighted by Gasteiger charge is -2.17. The second kappa shape index (κ2) is 8.71. The number of hydrogen-bond donors (Lipinski definition) is 1. The van der Waals surface area contributed by atoms with E-state index < -0.39 is 29.6 Å². The Morgan fingerprint density at radius 2 is 1.80 bits per heavy atom. The molecular formula is C18H16BrF2NO3. The Bertz CT molecular complexity index is 762. The second-order valence-electron chi connectivity index (χ2n) is 5.39. The van der Waals surface area contributed by atoms with Crippen LogP contribution in [-0.4, -0.2) is 25.0 Å². The molecule has 0 bridgehead atoms. The number of carbonyl (C=O) groups is 2. The Balaban J connectivity index is 2.09. The highest BCUT2D eigenvalue weighted by Crippen LogP contribution is 2.18. The molecule has 0 fully saturated rings. The van der Waals surface area contributed by atoms with Crippen molar-refractivity contribution in [2.45, 2.75) is 18.9 Å². The minimum Gasteiger partial charge on any atom is -0.467 e. The summed E-state index contributed by atoms with van der Waals surface area (Å²) in [6.07, 6.45) is -0.0323. The van der Waals surface area contributed by atoms with E-state index in [9.17, 15) is 18.4 Å². The molecule has 7 heteroatoms. The summed E-state index contributed by atoms with van der Waals surface area (Å²) in [6.45, 7) is 0. The average Bonchev–Trinajstić information content (AvgIpc) is 2.54. The van der Waals surface area contributed by atoms with E-state index >= 15 is 0 Å². The standard InChI is InChI=1S/C18H16BrF2NO3/c1-25-18(24)16(9-12-4-2-3-5-15(12)19)22-17(23)8-11-6-13(20)10-14(21)7-11/h2-7,10,16H,8-9H2,1H3,(H,22,23)/t16-/m0/s1. The van der Waals surface area contributed by atoms with E-state index in [0.717, 1.165) is 28.2 Å². The first kappa shape index (κ1) is 19.1. The molecule has 2 aromatic carbocycles. The zero-order chi connectivity index (χ0) is 18.4. The number of esters is 1. The smallest absolute Gasteiger partial charge is 0.328 e. The van der Waals surface area contributed by atoms with Crippen molar-refractivity contribution in [2.24, 2.45) is 0 Å². The van der Waals surface area contributed by atoms with Gasteiger partial charge in [0.15, 0.2) is 0 Å². The van der Waals surface area contributed by atoms with Crippen LogP contribution in [0.2, 0.25) is 0 Å². The summed E-state index contributed by atoms with van der Waals surface area (Å²) in [5.41, 5.74) is 0.995. The van der Waals surface area contributed by atoms with Gasteiger partial charge in [0, 0.05) is 17.0 Å². The summed E-state index contributed by atoms with van der Waals surface area (Å²) in [5.74, 6) is -2.66. The maximum atomic E-state index is 13.2. The molecule has 0 unspecified atom stereocenters. The van der Waals surface area contributed by atoms with Gasteiger partial charge in [0.25, 0.3) is 0 Å². The molecule has 0 saturated heterocycles. The largest absolute Gasteiger partial charge is 0.467 e. The summed E-state index contributed by atoms with van der Waals surface area (Å²) in [7, 11) is 1.23. The van der Waals surface area contributed by atoms with Gasteiger partial charge in [0.2, 0.25) is 5.91 Å². The molecule has 0 aliphatic heterocycles. The molecule has 0 spiro atoms. The summed E-state index contributed by atoms with van der Waals surface area (Å²) in [6, 6.07) is 9.24. The van der Waals surface area contributed by atoms with Crippen LogP contribution in [0.1, 0.15) is 11.1 Å². The van der Waals surface area contributed by atoms with Gasteiger partial charge in [-0.15, -0.1) is 0 Å². The molecule has 0 radical (unpaired) electrons. The molecule has 4 nitrogen and oxygen atoms in total. The van der Waals surface area contributed by atoms with Crippen molar-refractivity contribution in [3.8, 4) is 0 Å². The van der Waals surface area contributed by atoms with Crippen molar-refractivity contribution in [3.63, 3.8) is 0 Å². The molecule has 2 aromatic rings. The molecule has 25 heavy (non-hydrogen) atoms. The van der Waals surface area contributed by atoms with Crippen LogP contribution >= 0.6 is 15.9 Å². The van der Waals surface area contributed by atoms with E-state index in [2.05, 4.69) is 21.2 Å². The normalized spacial score (nSPS) is 11.7. The maximum absolute atomic E-state index is 13.2. The number of amides is 1. The van der Waals surface area contributed by atoms with E-state index in [4.69, 9.17) is 4.74 Å². The van der Waals surface area contributed by atoms with Crippen LogP contribution in [-0.2, 0) is 27.2 Å². The highest BCUT2D eigenvalue weighted by Gasteiger charge is 2.23. The highest BCUT2D eigenvalue weighted by atomic mass is 79.9. The van der Waals surface area contributed by atoms with Crippen molar-refractivity contribution in [2.75, 3.05) is 7.11 Å². The number of benzene rings is 2. The van der Waals surface area contributed by atoms with Crippen LogP contribution in [0.3, 0.4) is 0 Å². The van der Waals surface area contributed by atoms with Crippen LogP contribution in [0, 0.1) is 11.6 Å². The predicted molar refractivity (Wildman–Crippen MR) is 91.9 cm³/mol. The first-order valence-electron chi connectivity index (χ1n) is 7.44. The zero-order valence-electron chi connectivity index (χ0n) is 13.4. The fraction of sp³-hybridized carbons (Fsp3) is 0.222. The predicted octanol–water partition coefficient (Wildman–Crippen LogP) is 3.17. The number of rotatable bonds is 6. The summed E-state index contributed by atoms with van der Waals surface area (Å²) in [4.78, 5) is 24.1. The monoisotopic (exact) mass is 411 g/mol. The summed E-state index contributed by atoms with van der Waals surface area (Å²) < 4.78 is 31.9. The number of halogens is 3. The first-order chi connectivity index (χ1) is 11.9. The van der Waals surface area contributed by atoms with Crippen LogP contribution in [0.15, 0.2) is 46.9 Å². The van der Waals surface area contributed by atoms with Crippen LogP contribution in [0.25, 0.3) is 0 Å². The average molecular weight is 412 g/mol. The molecule has 0 aliphatic rings. The Morgan fingerprint density at radius 3 is 2.40 bits per heavy atom. The fourth-order valence-electron chi connectivity index (χ4n) is 2.36. The van der Waals surface area contributed by atoms with E-state index in [1.807, 2.05) is 24.3 Å². The Kier molecular flexibility index (Phi) is 6.64. The van der Waals surface area contributed by atoms with Crippen molar-refractivity contribution in [1.29, 1.82) is 0 Å². The number of methoxy groups -OCH3 is 1. The molecule has 0 aliphatic carbocycles. The Labute approximate surface area is 152 Å². The van der Waals surface area contributed by atoms with Crippen molar-refractivity contribution < 1.29 is 23.1 Å². The van der Waals surface area contributed by atoms with Gasteiger partial charge in [0.1, 0.15) is 17.7 Å². The van der Waals surface area contributed by atoms with Crippen LogP contribution in [0.4, 0.5) is 8.78 Å². The lowest BCUT2D eigenvalue weighted by Crippen LogP contribution is -2.43. The van der Waals surface area contributed by atoms with Crippen molar-refractivity contribution in [1.82, 2.24) is 5.32 Å². The molecule has 132 valence electrons. The highest BCUT2D eigenvalue weighted by molar-refractivity contribution is 9.10. The first-order valence-corrected chi connectivity index (χ1v) is 8.24. The van der Waals surface area contributed by atoms with Gasteiger partial charge in [-0.1, -0.05) is 34.1 Å². The van der Waals surface area contributed by atoms with Crippen molar-refractivity contribution in [3.05, 3.63) is 69.7 Å².